The number of nitrogens with two attached hydrogens (primary N) is 1. The van der Waals surface area contributed by atoms with E-state index in [0.29, 0.717) is 12.3 Å². The van der Waals surface area contributed by atoms with Gasteiger partial charge in [-0.25, -0.2) is 0 Å². The maximum atomic E-state index is 8.76. The van der Waals surface area contributed by atoms with Crippen LogP contribution in [0.4, 0.5) is 0 Å². The third-order valence-corrected chi connectivity index (χ3v) is 1.44. The molecule has 0 aliphatic rings. The standard InChI is InChI=1S/C6H16BNO2/c1-5(2)4-6(3,8)7(9)10/h5,9-10H,4,8H2,1-3H3/t6-/m1/s1. The first kappa shape index (κ1) is 9.94. The molecule has 0 aliphatic heterocycles. The largest absolute Gasteiger partial charge is 0.472 e. The normalized spacial score (nSPS) is 17.1. The van der Waals surface area contributed by atoms with Gasteiger partial charge in [-0.1, -0.05) is 13.8 Å². The summed E-state index contributed by atoms with van der Waals surface area (Å²) < 4.78 is 0. The molecule has 4 heteroatoms. The van der Waals surface area contributed by atoms with E-state index in [2.05, 4.69) is 0 Å². The summed E-state index contributed by atoms with van der Waals surface area (Å²) in [6, 6.07) is 0. The first-order valence-electron chi connectivity index (χ1n) is 3.51. The lowest BCUT2D eigenvalue weighted by Gasteiger charge is -2.24. The van der Waals surface area contributed by atoms with Crippen LogP contribution in [0.1, 0.15) is 27.2 Å². The monoisotopic (exact) mass is 145 g/mol. The molecule has 0 fully saturated rings. The van der Waals surface area contributed by atoms with Crippen LogP contribution in [-0.4, -0.2) is 22.6 Å². The second kappa shape index (κ2) is 3.37. The minimum Gasteiger partial charge on any atom is -0.426 e. The maximum Gasteiger partial charge on any atom is 0.472 e. The Morgan fingerprint density at radius 2 is 1.90 bits per heavy atom. The van der Waals surface area contributed by atoms with E-state index >= 15 is 0 Å². The van der Waals surface area contributed by atoms with Gasteiger partial charge in [0.2, 0.25) is 0 Å². The van der Waals surface area contributed by atoms with Gasteiger partial charge in [0.1, 0.15) is 0 Å². The van der Waals surface area contributed by atoms with E-state index in [0.717, 1.165) is 0 Å². The highest BCUT2D eigenvalue weighted by molar-refractivity contribution is 6.45. The van der Waals surface area contributed by atoms with Crippen molar-refractivity contribution in [1.29, 1.82) is 0 Å². The molecule has 0 bridgehead atoms. The molecule has 0 saturated heterocycles. The summed E-state index contributed by atoms with van der Waals surface area (Å²) in [4.78, 5) is 0. The zero-order valence-corrected chi connectivity index (χ0v) is 6.83. The molecule has 0 spiro atoms. The zero-order valence-electron chi connectivity index (χ0n) is 6.83. The first-order chi connectivity index (χ1) is 4.36. The van der Waals surface area contributed by atoms with Crippen LogP contribution < -0.4 is 5.73 Å². The van der Waals surface area contributed by atoms with Crippen LogP contribution >= 0.6 is 0 Å². The van der Waals surface area contributed by atoms with Crippen LogP contribution in [0.25, 0.3) is 0 Å². The van der Waals surface area contributed by atoms with Gasteiger partial charge in [-0.2, -0.15) is 0 Å². The Hall–Kier alpha value is -0.0551. The van der Waals surface area contributed by atoms with Crippen LogP contribution in [0.15, 0.2) is 0 Å². The van der Waals surface area contributed by atoms with Gasteiger partial charge in [0, 0.05) is 5.44 Å². The van der Waals surface area contributed by atoms with Crippen LogP contribution in [0, 0.1) is 5.92 Å². The van der Waals surface area contributed by atoms with Crippen molar-refractivity contribution in [3.05, 3.63) is 0 Å². The van der Waals surface area contributed by atoms with E-state index in [-0.39, 0.29) is 0 Å². The van der Waals surface area contributed by atoms with Gasteiger partial charge in [-0.05, 0) is 19.3 Å². The minimum absolute atomic E-state index is 0.386. The van der Waals surface area contributed by atoms with Crippen molar-refractivity contribution in [2.24, 2.45) is 11.7 Å². The predicted molar refractivity (Wildman–Crippen MR) is 42.2 cm³/mol. The van der Waals surface area contributed by atoms with E-state index in [9.17, 15) is 0 Å². The molecule has 0 unspecified atom stereocenters. The molecule has 0 rings (SSSR count). The average molecular weight is 145 g/mol. The highest BCUT2D eigenvalue weighted by atomic mass is 16.4. The van der Waals surface area contributed by atoms with E-state index in [1.54, 1.807) is 6.92 Å². The van der Waals surface area contributed by atoms with Crippen molar-refractivity contribution in [1.82, 2.24) is 0 Å². The fourth-order valence-corrected chi connectivity index (χ4v) is 0.985. The Kier molecular flexibility index (Phi) is 3.35. The highest BCUT2D eigenvalue weighted by Crippen LogP contribution is 2.13. The van der Waals surface area contributed by atoms with Gasteiger partial charge >= 0.3 is 7.12 Å². The Bertz CT molecular complexity index is 104. The topological polar surface area (TPSA) is 66.5 Å². The van der Waals surface area contributed by atoms with Gasteiger partial charge in [-0.3, -0.25) is 0 Å². The molecular formula is C6H16BNO2. The molecule has 0 aliphatic carbocycles. The Morgan fingerprint density at radius 1 is 1.50 bits per heavy atom. The van der Waals surface area contributed by atoms with E-state index in [1.807, 2.05) is 13.8 Å². The van der Waals surface area contributed by atoms with Crippen molar-refractivity contribution >= 4 is 7.12 Å². The maximum absolute atomic E-state index is 8.76. The lowest BCUT2D eigenvalue weighted by atomic mass is 9.63. The van der Waals surface area contributed by atoms with E-state index in [1.165, 1.54) is 0 Å². The second-order valence-corrected chi connectivity index (χ2v) is 3.48. The molecule has 4 N–H and O–H groups in total. The van der Waals surface area contributed by atoms with E-state index < -0.39 is 12.6 Å². The minimum atomic E-state index is -1.42. The summed E-state index contributed by atoms with van der Waals surface area (Å²) in [5.74, 6) is 0.386. The second-order valence-electron chi connectivity index (χ2n) is 3.48. The molecule has 3 nitrogen and oxygen atoms in total. The SMILES string of the molecule is CC(C)C[C@@](C)(N)B(O)O. The third-order valence-electron chi connectivity index (χ3n) is 1.44. The quantitative estimate of drug-likeness (QED) is 0.480. The molecule has 60 valence electrons. The van der Waals surface area contributed by atoms with Gasteiger partial charge in [-0.15, -0.1) is 0 Å². The van der Waals surface area contributed by atoms with Crippen LogP contribution in [0.5, 0.6) is 0 Å². The summed E-state index contributed by atoms with van der Waals surface area (Å²) in [7, 11) is -1.42. The molecule has 0 aromatic carbocycles. The first-order valence-corrected chi connectivity index (χ1v) is 3.51. The van der Waals surface area contributed by atoms with Gasteiger partial charge in [0.05, 0.1) is 0 Å². The zero-order chi connectivity index (χ0) is 8.36. The molecular weight excluding hydrogens is 129 g/mol. The Labute approximate surface area is 62.4 Å². The number of rotatable bonds is 3. The molecule has 0 radical (unpaired) electrons. The summed E-state index contributed by atoms with van der Waals surface area (Å²) in [5, 5.41) is 17.5. The fraction of sp³-hybridized carbons (Fsp3) is 1.00. The van der Waals surface area contributed by atoms with Crippen LogP contribution in [0.3, 0.4) is 0 Å². The summed E-state index contributed by atoms with van der Waals surface area (Å²) in [5.41, 5.74) is 4.69. The molecule has 0 amide bonds. The fourth-order valence-electron chi connectivity index (χ4n) is 0.985. The molecule has 1 atom stereocenters. The van der Waals surface area contributed by atoms with Gasteiger partial charge in [0.15, 0.2) is 0 Å². The predicted octanol–water partition coefficient (Wildman–Crippen LogP) is -0.238. The third kappa shape index (κ3) is 3.20. The van der Waals surface area contributed by atoms with Gasteiger partial charge < -0.3 is 15.8 Å². The molecule has 0 aromatic heterocycles. The van der Waals surface area contributed by atoms with Crippen molar-refractivity contribution < 1.29 is 10.0 Å². The highest BCUT2D eigenvalue weighted by Gasteiger charge is 2.33. The lowest BCUT2D eigenvalue weighted by molar-refractivity contribution is 0.323. The van der Waals surface area contributed by atoms with Crippen LogP contribution in [0.2, 0.25) is 0 Å². The Balaban J connectivity index is 3.87. The van der Waals surface area contributed by atoms with E-state index in [4.69, 9.17) is 15.8 Å². The van der Waals surface area contributed by atoms with Crippen LogP contribution in [-0.2, 0) is 0 Å². The molecule has 0 saturated carbocycles. The molecule has 0 heterocycles. The molecule has 10 heavy (non-hydrogen) atoms. The van der Waals surface area contributed by atoms with Crippen molar-refractivity contribution in [3.63, 3.8) is 0 Å². The van der Waals surface area contributed by atoms with Crippen molar-refractivity contribution in [2.45, 2.75) is 32.6 Å². The Morgan fingerprint density at radius 3 is 2.00 bits per heavy atom. The smallest absolute Gasteiger partial charge is 0.426 e. The summed E-state index contributed by atoms with van der Waals surface area (Å²) in [6.07, 6.45) is 0.616. The van der Waals surface area contributed by atoms with Crippen molar-refractivity contribution in [2.75, 3.05) is 0 Å². The lowest BCUT2D eigenvalue weighted by Crippen LogP contribution is -2.52. The summed E-state index contributed by atoms with van der Waals surface area (Å²) in [6.45, 7) is 5.62. The number of hydrogen-bond acceptors (Lipinski definition) is 3. The van der Waals surface area contributed by atoms with Gasteiger partial charge in [0.25, 0.3) is 0 Å². The summed E-state index contributed by atoms with van der Waals surface area (Å²) >= 11 is 0. The number of hydrogen-bond donors (Lipinski definition) is 3. The average Bonchev–Trinajstić information content (AvgIpc) is 1.60. The van der Waals surface area contributed by atoms with Crippen molar-refractivity contribution in [3.8, 4) is 0 Å². The molecule has 0 aromatic rings.